The molecule has 0 fully saturated rings. The maximum Gasteiger partial charge on any atom is 1.00 e. The molecule has 0 heterocycles. The monoisotopic (exact) mass is 178 g/mol. The van der Waals surface area contributed by atoms with Gasteiger partial charge in [-0.1, -0.05) is 11.8 Å². The maximum atomic E-state index is 9.97. The minimum atomic E-state index is -4.68. The molecule has 0 aromatic carbocycles. The summed E-state index contributed by atoms with van der Waals surface area (Å²) in [5.74, 6) is 0. The largest absolute Gasteiger partial charge is 1.00 e. The summed E-state index contributed by atoms with van der Waals surface area (Å²) in [6, 6.07) is 0. The Hall–Kier alpha value is 1.17. The first-order valence-electron chi connectivity index (χ1n) is 1.61. The summed E-state index contributed by atoms with van der Waals surface area (Å²) in [6.07, 6.45) is 1.28. The Labute approximate surface area is 78.9 Å². The molecular formula is C2H4NaO4PS. The van der Waals surface area contributed by atoms with E-state index in [1.165, 1.54) is 6.26 Å². The quantitative estimate of drug-likeness (QED) is 0.342. The summed E-state index contributed by atoms with van der Waals surface area (Å²) in [6.45, 7) is 0. The van der Waals surface area contributed by atoms with Gasteiger partial charge in [0.25, 0.3) is 4.86 Å². The van der Waals surface area contributed by atoms with Crippen molar-refractivity contribution in [3.05, 3.63) is 0 Å². The van der Waals surface area contributed by atoms with Gasteiger partial charge in [0.2, 0.25) is 7.60 Å². The van der Waals surface area contributed by atoms with Crippen LogP contribution in [-0.2, 0) is 4.57 Å². The third kappa shape index (κ3) is 5.61. The van der Waals surface area contributed by atoms with Crippen LogP contribution in [0.15, 0.2) is 0 Å². The fourth-order valence-electron chi connectivity index (χ4n) is 0.115. The zero-order valence-corrected chi connectivity index (χ0v) is 8.74. The first-order valence-corrected chi connectivity index (χ1v) is 4.41. The number of carbonyl (C=O) groups is 1. The standard InChI is InChI=1S/C2H5O4PS.Na/c1-8-2(3)7(4,5)6;/h1H3,(H2,4,5,6);/q;+1/p-1. The Morgan fingerprint density at radius 2 is 2.11 bits per heavy atom. The number of rotatable bonds is 1. The van der Waals surface area contributed by atoms with Crippen LogP contribution >= 0.6 is 19.4 Å². The minimum absolute atomic E-state index is 0. The Kier molecular flexibility index (Phi) is 6.98. The molecule has 0 saturated carbocycles. The van der Waals surface area contributed by atoms with Gasteiger partial charge in [0.05, 0.1) is 0 Å². The second-order valence-corrected chi connectivity index (χ2v) is 3.52. The number of hydrogen-bond acceptors (Lipinski definition) is 4. The molecule has 1 atom stereocenters. The van der Waals surface area contributed by atoms with Crippen LogP contribution in [0.3, 0.4) is 0 Å². The SMILES string of the molecule is CSC(=O)P(=O)([O-])O.[Na+]. The average molecular weight is 178 g/mol. The van der Waals surface area contributed by atoms with Crippen molar-refractivity contribution in [2.45, 2.75) is 0 Å². The summed E-state index contributed by atoms with van der Waals surface area (Å²) in [5, 5.41) is 0. The molecule has 0 aliphatic carbocycles. The van der Waals surface area contributed by atoms with E-state index in [4.69, 9.17) is 4.89 Å². The third-order valence-corrected chi connectivity index (χ3v) is 2.46. The van der Waals surface area contributed by atoms with Crippen molar-refractivity contribution < 1.29 is 48.7 Å². The zero-order chi connectivity index (χ0) is 6.78. The molecule has 0 aromatic rings. The summed E-state index contributed by atoms with van der Waals surface area (Å²) in [4.78, 5) is 26.5. The number of thioether (sulfide) groups is 1. The topological polar surface area (TPSA) is 77.4 Å². The second kappa shape index (κ2) is 4.91. The first-order chi connectivity index (χ1) is 3.48. The van der Waals surface area contributed by atoms with Crippen molar-refractivity contribution in [3.8, 4) is 0 Å². The molecule has 7 heteroatoms. The van der Waals surface area contributed by atoms with Crippen molar-refractivity contribution in [2.24, 2.45) is 0 Å². The van der Waals surface area contributed by atoms with E-state index in [9.17, 15) is 14.3 Å². The van der Waals surface area contributed by atoms with Gasteiger partial charge in [-0.25, -0.2) is 0 Å². The molecule has 1 unspecified atom stereocenters. The maximum absolute atomic E-state index is 9.97. The molecule has 0 aliphatic rings. The summed E-state index contributed by atoms with van der Waals surface area (Å²) < 4.78 is 9.78. The van der Waals surface area contributed by atoms with Gasteiger partial charge < -0.3 is 14.4 Å². The molecule has 48 valence electrons. The summed E-state index contributed by atoms with van der Waals surface area (Å²) >= 11 is 0.467. The van der Waals surface area contributed by atoms with E-state index in [0.29, 0.717) is 11.8 Å². The predicted octanol–water partition coefficient (Wildman–Crippen LogP) is -2.98. The zero-order valence-electron chi connectivity index (χ0n) is 5.03. The molecule has 0 aromatic heterocycles. The van der Waals surface area contributed by atoms with Crippen molar-refractivity contribution in [1.82, 2.24) is 0 Å². The van der Waals surface area contributed by atoms with Gasteiger partial charge in [-0.3, -0.25) is 4.79 Å². The average Bonchev–Trinajstić information content (AvgIpc) is 1.62. The first kappa shape index (κ1) is 12.8. The van der Waals surface area contributed by atoms with Gasteiger partial charge in [-0.15, -0.1) is 0 Å². The Morgan fingerprint density at radius 1 is 1.78 bits per heavy atom. The van der Waals surface area contributed by atoms with E-state index in [1.54, 1.807) is 0 Å². The van der Waals surface area contributed by atoms with Crippen LogP contribution in [0.2, 0.25) is 0 Å². The van der Waals surface area contributed by atoms with Crippen LogP contribution in [0.4, 0.5) is 4.79 Å². The fraction of sp³-hybridized carbons (Fsp3) is 0.500. The molecular weight excluding hydrogens is 174 g/mol. The molecule has 0 radical (unpaired) electrons. The van der Waals surface area contributed by atoms with E-state index in [0.717, 1.165) is 0 Å². The predicted molar refractivity (Wildman–Crippen MR) is 28.7 cm³/mol. The van der Waals surface area contributed by atoms with E-state index in [1.807, 2.05) is 0 Å². The van der Waals surface area contributed by atoms with Crippen molar-refractivity contribution in [1.29, 1.82) is 0 Å². The molecule has 1 N–H and O–H groups in total. The fourth-order valence-corrected chi connectivity index (χ4v) is 1.04. The van der Waals surface area contributed by atoms with Crippen molar-refractivity contribution in [2.75, 3.05) is 6.26 Å². The van der Waals surface area contributed by atoms with Crippen LogP contribution in [0, 0.1) is 0 Å². The minimum Gasteiger partial charge on any atom is -0.772 e. The van der Waals surface area contributed by atoms with Gasteiger partial charge in [0.15, 0.2) is 0 Å². The Morgan fingerprint density at radius 3 is 2.11 bits per heavy atom. The van der Waals surface area contributed by atoms with Gasteiger partial charge in [0.1, 0.15) is 0 Å². The van der Waals surface area contributed by atoms with Crippen LogP contribution in [-0.4, -0.2) is 16.0 Å². The van der Waals surface area contributed by atoms with E-state index >= 15 is 0 Å². The third-order valence-electron chi connectivity index (χ3n) is 0.405. The van der Waals surface area contributed by atoms with E-state index < -0.39 is 12.5 Å². The molecule has 0 rings (SSSR count). The molecule has 9 heavy (non-hydrogen) atoms. The smallest absolute Gasteiger partial charge is 0.772 e. The van der Waals surface area contributed by atoms with Gasteiger partial charge in [0, 0.05) is 0 Å². The van der Waals surface area contributed by atoms with Crippen LogP contribution in [0.25, 0.3) is 0 Å². The van der Waals surface area contributed by atoms with Crippen molar-refractivity contribution in [3.63, 3.8) is 0 Å². The molecule has 0 spiro atoms. The van der Waals surface area contributed by atoms with Gasteiger partial charge >= 0.3 is 29.6 Å². The van der Waals surface area contributed by atoms with Gasteiger partial charge in [-0.05, 0) is 6.26 Å². The summed E-state index contributed by atoms with van der Waals surface area (Å²) in [5.41, 5.74) is 0. The van der Waals surface area contributed by atoms with Crippen LogP contribution < -0.4 is 34.5 Å². The Bertz CT molecular complexity index is 142. The molecule has 0 saturated heterocycles. The second-order valence-electron chi connectivity index (χ2n) is 0.990. The molecule has 4 nitrogen and oxygen atoms in total. The number of carbonyl (C=O) groups excluding carboxylic acids is 1. The van der Waals surface area contributed by atoms with Crippen LogP contribution in [0.5, 0.6) is 0 Å². The van der Waals surface area contributed by atoms with E-state index in [2.05, 4.69) is 0 Å². The molecule has 0 aliphatic heterocycles. The molecule has 0 amide bonds. The van der Waals surface area contributed by atoms with E-state index in [-0.39, 0.29) is 29.6 Å². The Balaban J connectivity index is 0. The molecule has 0 bridgehead atoms. The van der Waals surface area contributed by atoms with Crippen LogP contribution in [0.1, 0.15) is 0 Å². The van der Waals surface area contributed by atoms with Crippen molar-refractivity contribution >= 4 is 24.2 Å². The van der Waals surface area contributed by atoms with Gasteiger partial charge in [-0.2, -0.15) is 0 Å². The number of hydrogen-bond donors (Lipinski definition) is 1. The summed E-state index contributed by atoms with van der Waals surface area (Å²) in [7, 11) is -4.68. The normalized spacial score (nSPS) is 15.4.